The van der Waals surface area contributed by atoms with E-state index >= 15 is 0 Å². The number of rotatable bonds is 8. The van der Waals surface area contributed by atoms with E-state index in [2.05, 4.69) is 16.0 Å². The topological polar surface area (TPSA) is 96.5 Å². The molecule has 0 aliphatic carbocycles. The highest BCUT2D eigenvalue weighted by Crippen LogP contribution is 2.18. The van der Waals surface area contributed by atoms with Gasteiger partial charge in [0.25, 0.3) is 5.91 Å². The first-order chi connectivity index (χ1) is 13.0. The van der Waals surface area contributed by atoms with E-state index in [0.29, 0.717) is 5.75 Å². The van der Waals surface area contributed by atoms with Gasteiger partial charge in [0, 0.05) is 5.69 Å². The maximum Gasteiger partial charge on any atom is 0.258 e. The molecule has 3 amide bonds. The van der Waals surface area contributed by atoms with Crippen LogP contribution in [-0.2, 0) is 14.4 Å². The molecule has 0 aliphatic rings. The van der Waals surface area contributed by atoms with E-state index in [1.54, 1.807) is 24.3 Å². The van der Waals surface area contributed by atoms with Crippen LogP contribution < -0.4 is 20.7 Å². The number of aryl methyl sites for hydroxylation is 2. The normalized spacial score (nSPS) is 10.0. The van der Waals surface area contributed by atoms with Crippen molar-refractivity contribution in [2.45, 2.75) is 13.8 Å². The third-order valence-corrected chi connectivity index (χ3v) is 3.75. The van der Waals surface area contributed by atoms with Crippen LogP contribution in [0.25, 0.3) is 0 Å². The van der Waals surface area contributed by atoms with E-state index in [1.807, 2.05) is 38.1 Å². The molecule has 0 saturated carbocycles. The molecule has 0 fully saturated rings. The monoisotopic (exact) mass is 369 g/mol. The minimum Gasteiger partial charge on any atom is -0.484 e. The molecule has 0 bridgehead atoms. The van der Waals surface area contributed by atoms with Crippen LogP contribution in [0, 0.1) is 13.8 Å². The van der Waals surface area contributed by atoms with E-state index in [0.717, 1.165) is 16.8 Å². The average molecular weight is 369 g/mol. The third-order valence-electron chi connectivity index (χ3n) is 3.75. The summed E-state index contributed by atoms with van der Waals surface area (Å²) in [6, 6.07) is 14.6. The second kappa shape index (κ2) is 9.96. The molecule has 2 aromatic carbocycles. The van der Waals surface area contributed by atoms with E-state index in [-0.39, 0.29) is 25.6 Å². The molecule has 7 nitrogen and oxygen atoms in total. The Morgan fingerprint density at radius 2 is 1.37 bits per heavy atom. The number of hydrogen-bond donors (Lipinski definition) is 3. The highest BCUT2D eigenvalue weighted by molar-refractivity contribution is 5.96. The van der Waals surface area contributed by atoms with E-state index in [1.165, 1.54) is 0 Å². The predicted molar refractivity (Wildman–Crippen MR) is 103 cm³/mol. The van der Waals surface area contributed by atoms with Gasteiger partial charge >= 0.3 is 0 Å². The van der Waals surface area contributed by atoms with Crippen LogP contribution in [0.1, 0.15) is 11.1 Å². The van der Waals surface area contributed by atoms with Gasteiger partial charge in [0.05, 0.1) is 13.1 Å². The summed E-state index contributed by atoms with van der Waals surface area (Å²) in [6.45, 7) is 3.20. The Kier molecular flexibility index (Phi) is 7.37. The molecule has 3 N–H and O–H groups in total. The molecule has 0 radical (unpaired) electrons. The number of carbonyl (C=O) groups is 3. The van der Waals surface area contributed by atoms with Crippen molar-refractivity contribution < 1.29 is 19.1 Å². The quantitative estimate of drug-likeness (QED) is 0.658. The third kappa shape index (κ3) is 6.81. The van der Waals surface area contributed by atoms with Crippen LogP contribution >= 0.6 is 0 Å². The fourth-order valence-corrected chi connectivity index (χ4v) is 2.33. The Hall–Kier alpha value is -3.35. The number of nitrogens with one attached hydrogen (secondary N) is 3. The molecule has 142 valence electrons. The molecule has 0 atom stereocenters. The summed E-state index contributed by atoms with van der Waals surface area (Å²) in [7, 11) is 0. The zero-order valence-electron chi connectivity index (χ0n) is 15.4. The molecule has 2 rings (SSSR count). The van der Waals surface area contributed by atoms with Crippen molar-refractivity contribution in [1.82, 2.24) is 10.6 Å². The fourth-order valence-electron chi connectivity index (χ4n) is 2.33. The molecule has 0 spiro atoms. The molecule has 0 aliphatic heterocycles. The number of benzene rings is 2. The van der Waals surface area contributed by atoms with Crippen molar-refractivity contribution in [2.24, 2.45) is 0 Å². The lowest BCUT2D eigenvalue weighted by Crippen LogP contribution is -2.41. The van der Waals surface area contributed by atoms with Crippen molar-refractivity contribution in [1.29, 1.82) is 0 Å². The van der Waals surface area contributed by atoms with Crippen LogP contribution in [0.5, 0.6) is 5.75 Å². The van der Waals surface area contributed by atoms with Crippen molar-refractivity contribution in [3.8, 4) is 5.75 Å². The number of hydrogen-bond acceptors (Lipinski definition) is 4. The lowest BCUT2D eigenvalue weighted by Gasteiger charge is -2.12. The second-order valence-electron chi connectivity index (χ2n) is 5.97. The molecule has 7 heteroatoms. The van der Waals surface area contributed by atoms with Gasteiger partial charge in [-0.3, -0.25) is 14.4 Å². The standard InChI is InChI=1S/C20H23N3O4/c1-14-7-6-8-15(2)20(14)23-18(25)12-21-17(24)11-22-19(26)13-27-16-9-4-3-5-10-16/h3-10H,11-13H2,1-2H3,(H,21,24)(H,22,26)(H,23,25). The predicted octanol–water partition coefficient (Wildman–Crippen LogP) is 1.55. The summed E-state index contributed by atoms with van der Waals surface area (Å²) < 4.78 is 5.28. The zero-order chi connectivity index (χ0) is 19.6. The Morgan fingerprint density at radius 3 is 2.04 bits per heavy atom. The number of amides is 3. The average Bonchev–Trinajstić information content (AvgIpc) is 2.67. The van der Waals surface area contributed by atoms with E-state index in [9.17, 15) is 14.4 Å². The molecular formula is C20H23N3O4. The summed E-state index contributed by atoms with van der Waals surface area (Å²) in [5.74, 6) is -0.645. The van der Waals surface area contributed by atoms with Crippen molar-refractivity contribution >= 4 is 23.4 Å². The number of para-hydroxylation sites is 2. The molecule has 27 heavy (non-hydrogen) atoms. The largest absolute Gasteiger partial charge is 0.484 e. The highest BCUT2D eigenvalue weighted by Gasteiger charge is 2.10. The second-order valence-corrected chi connectivity index (χ2v) is 5.97. The van der Waals surface area contributed by atoms with Crippen LogP contribution in [0.15, 0.2) is 48.5 Å². The lowest BCUT2D eigenvalue weighted by atomic mass is 10.1. The summed E-state index contributed by atoms with van der Waals surface area (Å²) in [5.41, 5.74) is 2.63. The number of carbonyl (C=O) groups excluding carboxylic acids is 3. The molecule has 0 saturated heterocycles. The van der Waals surface area contributed by atoms with Crippen molar-refractivity contribution in [3.05, 3.63) is 59.7 Å². The summed E-state index contributed by atoms with van der Waals surface area (Å²) in [4.78, 5) is 35.4. The SMILES string of the molecule is Cc1cccc(C)c1NC(=O)CNC(=O)CNC(=O)COc1ccccc1. The summed E-state index contributed by atoms with van der Waals surface area (Å²) in [6.07, 6.45) is 0. The Labute approximate surface area is 158 Å². The molecule has 0 unspecified atom stereocenters. The molecule has 0 heterocycles. The van der Waals surface area contributed by atoms with E-state index in [4.69, 9.17) is 4.74 Å². The number of anilines is 1. The Balaban J connectivity index is 1.66. The van der Waals surface area contributed by atoms with Crippen LogP contribution in [0.3, 0.4) is 0 Å². The smallest absolute Gasteiger partial charge is 0.258 e. The number of ether oxygens (including phenoxy) is 1. The van der Waals surface area contributed by atoms with Gasteiger partial charge < -0.3 is 20.7 Å². The van der Waals surface area contributed by atoms with Crippen LogP contribution in [0.4, 0.5) is 5.69 Å². The first-order valence-electron chi connectivity index (χ1n) is 8.53. The molecular weight excluding hydrogens is 346 g/mol. The zero-order valence-corrected chi connectivity index (χ0v) is 15.4. The van der Waals surface area contributed by atoms with Gasteiger partial charge in [0.2, 0.25) is 11.8 Å². The Bertz CT molecular complexity index is 786. The van der Waals surface area contributed by atoms with Gasteiger partial charge in [-0.15, -0.1) is 0 Å². The minimum absolute atomic E-state index is 0.178. The van der Waals surface area contributed by atoms with E-state index < -0.39 is 11.8 Å². The molecule has 0 aromatic heterocycles. The summed E-state index contributed by atoms with van der Waals surface area (Å²) >= 11 is 0. The van der Waals surface area contributed by atoms with Crippen molar-refractivity contribution in [2.75, 3.05) is 25.0 Å². The summed E-state index contributed by atoms with van der Waals surface area (Å²) in [5, 5.41) is 7.68. The van der Waals surface area contributed by atoms with Crippen LogP contribution in [0.2, 0.25) is 0 Å². The van der Waals surface area contributed by atoms with Gasteiger partial charge in [-0.2, -0.15) is 0 Å². The van der Waals surface area contributed by atoms with Gasteiger partial charge in [0.15, 0.2) is 6.61 Å². The van der Waals surface area contributed by atoms with Gasteiger partial charge in [-0.25, -0.2) is 0 Å². The minimum atomic E-state index is -0.459. The van der Waals surface area contributed by atoms with Gasteiger partial charge in [0.1, 0.15) is 5.75 Å². The lowest BCUT2D eigenvalue weighted by molar-refractivity contribution is -0.127. The maximum absolute atomic E-state index is 12.0. The van der Waals surface area contributed by atoms with Crippen LogP contribution in [-0.4, -0.2) is 37.4 Å². The van der Waals surface area contributed by atoms with Crippen molar-refractivity contribution in [3.63, 3.8) is 0 Å². The van der Waals surface area contributed by atoms with Gasteiger partial charge in [-0.05, 0) is 37.1 Å². The first kappa shape index (κ1) is 20.0. The maximum atomic E-state index is 12.0. The fraction of sp³-hybridized carbons (Fsp3) is 0.250. The molecule has 2 aromatic rings. The first-order valence-corrected chi connectivity index (χ1v) is 8.53. The van der Waals surface area contributed by atoms with Gasteiger partial charge in [-0.1, -0.05) is 36.4 Å². The Morgan fingerprint density at radius 1 is 0.778 bits per heavy atom. The highest BCUT2D eigenvalue weighted by atomic mass is 16.5.